The molecule has 1 amide bonds. The average Bonchev–Trinajstić information content (AvgIpc) is 2.35. The number of hydrogen-bond acceptors (Lipinski definition) is 3. The molecule has 19 heavy (non-hydrogen) atoms. The molecule has 106 valence electrons. The highest BCUT2D eigenvalue weighted by molar-refractivity contribution is 8.13. The lowest BCUT2D eigenvalue weighted by atomic mass is 9.90. The highest BCUT2D eigenvalue weighted by Gasteiger charge is 2.18. The first-order valence-electron chi connectivity index (χ1n) is 5.99. The predicted molar refractivity (Wildman–Crippen MR) is 75.9 cm³/mol. The van der Waals surface area contributed by atoms with Crippen LogP contribution in [0.3, 0.4) is 0 Å². The lowest BCUT2D eigenvalue weighted by Gasteiger charge is -2.22. The molecule has 1 aromatic carbocycles. The third kappa shape index (κ3) is 4.84. The Kier molecular flexibility index (Phi) is 4.98. The van der Waals surface area contributed by atoms with Crippen LogP contribution in [0.25, 0.3) is 0 Å². The van der Waals surface area contributed by atoms with Crippen LogP contribution < -0.4 is 5.32 Å². The molecule has 1 aromatic rings. The summed E-state index contributed by atoms with van der Waals surface area (Å²) in [5.41, 5.74) is 0.292. The van der Waals surface area contributed by atoms with Gasteiger partial charge in [-0.2, -0.15) is 0 Å². The molecule has 0 radical (unpaired) electrons. The van der Waals surface area contributed by atoms with Crippen LogP contribution in [0.5, 0.6) is 0 Å². The predicted octanol–water partition coefficient (Wildman–Crippen LogP) is 2.78. The number of benzene rings is 1. The minimum atomic E-state index is -3.81. The summed E-state index contributed by atoms with van der Waals surface area (Å²) in [6, 6.07) is 5.68. The second-order valence-corrected chi connectivity index (χ2v) is 7.73. The summed E-state index contributed by atoms with van der Waals surface area (Å²) in [7, 11) is 1.43. The van der Waals surface area contributed by atoms with Crippen LogP contribution in [0.4, 0.5) is 0 Å². The van der Waals surface area contributed by atoms with Gasteiger partial charge in [-0.3, -0.25) is 4.79 Å². The van der Waals surface area contributed by atoms with Crippen LogP contribution in [0.15, 0.2) is 29.2 Å². The number of amides is 1. The smallest absolute Gasteiger partial charge is 0.261 e. The molecule has 1 N–H and O–H groups in total. The van der Waals surface area contributed by atoms with E-state index >= 15 is 0 Å². The second-order valence-electron chi connectivity index (χ2n) is 5.17. The van der Waals surface area contributed by atoms with Gasteiger partial charge >= 0.3 is 0 Å². The van der Waals surface area contributed by atoms with Crippen molar-refractivity contribution in [2.24, 2.45) is 5.41 Å². The van der Waals surface area contributed by atoms with Crippen molar-refractivity contribution in [3.8, 4) is 0 Å². The molecule has 6 heteroatoms. The van der Waals surface area contributed by atoms with Gasteiger partial charge in [0.05, 0.1) is 4.90 Å². The quantitative estimate of drug-likeness (QED) is 0.851. The molecule has 1 rings (SSSR count). The number of carbonyl (C=O) groups excluding carboxylic acids is 1. The number of nitrogens with one attached hydrogen (secondary N) is 1. The normalized spacial score (nSPS) is 12.2. The Morgan fingerprint density at radius 3 is 2.53 bits per heavy atom. The molecule has 0 fully saturated rings. The van der Waals surface area contributed by atoms with Gasteiger partial charge < -0.3 is 5.32 Å². The zero-order chi connectivity index (χ0) is 14.7. The van der Waals surface area contributed by atoms with Gasteiger partial charge in [-0.05, 0) is 30.0 Å². The summed E-state index contributed by atoms with van der Waals surface area (Å²) in [6.07, 6.45) is 0.934. The van der Waals surface area contributed by atoms with Crippen molar-refractivity contribution in [2.45, 2.75) is 32.1 Å². The van der Waals surface area contributed by atoms with Gasteiger partial charge in [0.1, 0.15) is 0 Å². The van der Waals surface area contributed by atoms with E-state index in [1.165, 1.54) is 18.2 Å². The fraction of sp³-hybridized carbons (Fsp3) is 0.462. The summed E-state index contributed by atoms with van der Waals surface area (Å²) in [5.74, 6) is -0.302. The summed E-state index contributed by atoms with van der Waals surface area (Å²) in [6.45, 7) is 6.67. The van der Waals surface area contributed by atoms with Crippen molar-refractivity contribution < 1.29 is 13.2 Å². The lowest BCUT2D eigenvalue weighted by molar-refractivity contribution is 0.0935. The van der Waals surface area contributed by atoms with E-state index < -0.39 is 9.05 Å². The van der Waals surface area contributed by atoms with Crippen molar-refractivity contribution in [1.29, 1.82) is 0 Å². The maximum Gasteiger partial charge on any atom is 0.261 e. The number of rotatable bonds is 5. The van der Waals surface area contributed by atoms with E-state index in [0.29, 0.717) is 6.54 Å². The van der Waals surface area contributed by atoms with E-state index in [2.05, 4.69) is 5.32 Å². The van der Waals surface area contributed by atoms with Crippen LogP contribution in [-0.2, 0) is 9.05 Å². The lowest BCUT2D eigenvalue weighted by Crippen LogP contribution is -2.33. The third-order valence-electron chi connectivity index (χ3n) is 3.06. The van der Waals surface area contributed by atoms with Gasteiger partial charge in [0.25, 0.3) is 15.0 Å². The molecule has 0 aliphatic carbocycles. The van der Waals surface area contributed by atoms with E-state index in [0.717, 1.165) is 6.42 Å². The number of halogens is 1. The summed E-state index contributed by atoms with van der Waals surface area (Å²) in [5, 5.41) is 2.79. The minimum Gasteiger partial charge on any atom is -0.352 e. The van der Waals surface area contributed by atoms with Crippen LogP contribution in [0, 0.1) is 5.41 Å². The standard InChI is InChI=1S/C13H18ClNO3S/c1-4-13(2,3)9-15-12(16)10-6-5-7-11(8-10)19(14,17)18/h5-8H,4,9H2,1-3H3,(H,15,16). The van der Waals surface area contributed by atoms with Crippen molar-refractivity contribution in [3.63, 3.8) is 0 Å². The van der Waals surface area contributed by atoms with Crippen molar-refractivity contribution in [3.05, 3.63) is 29.8 Å². The maximum atomic E-state index is 11.9. The zero-order valence-corrected chi connectivity index (χ0v) is 12.8. The van der Waals surface area contributed by atoms with Crippen molar-refractivity contribution in [1.82, 2.24) is 5.32 Å². The summed E-state index contributed by atoms with van der Waals surface area (Å²) < 4.78 is 22.4. The minimum absolute atomic E-state index is 0.00579. The highest BCUT2D eigenvalue weighted by atomic mass is 35.7. The fourth-order valence-electron chi connectivity index (χ4n) is 1.34. The highest BCUT2D eigenvalue weighted by Crippen LogP contribution is 2.19. The molecule has 0 aliphatic rings. The Morgan fingerprint density at radius 2 is 2.00 bits per heavy atom. The second kappa shape index (κ2) is 5.92. The van der Waals surface area contributed by atoms with E-state index in [1.807, 2.05) is 20.8 Å². The molecule has 0 aliphatic heterocycles. The summed E-state index contributed by atoms with van der Waals surface area (Å²) in [4.78, 5) is 11.9. The van der Waals surface area contributed by atoms with Crippen LogP contribution in [0.1, 0.15) is 37.6 Å². The first-order chi connectivity index (χ1) is 8.65. The average molecular weight is 304 g/mol. The monoisotopic (exact) mass is 303 g/mol. The fourth-order valence-corrected chi connectivity index (χ4v) is 2.13. The van der Waals surface area contributed by atoms with Gasteiger partial charge in [-0.1, -0.05) is 26.8 Å². The molecule has 0 aromatic heterocycles. The van der Waals surface area contributed by atoms with Gasteiger partial charge in [-0.15, -0.1) is 0 Å². The maximum absolute atomic E-state index is 11.9. The molecule has 0 unspecified atom stereocenters. The van der Waals surface area contributed by atoms with Crippen molar-refractivity contribution >= 4 is 25.6 Å². The molecule has 0 heterocycles. The third-order valence-corrected chi connectivity index (χ3v) is 4.41. The Bertz CT molecular complexity index is 567. The first-order valence-corrected chi connectivity index (χ1v) is 8.29. The van der Waals surface area contributed by atoms with Gasteiger partial charge in [-0.25, -0.2) is 8.42 Å². The van der Waals surface area contributed by atoms with Gasteiger partial charge in [0.15, 0.2) is 0 Å². The Hall–Kier alpha value is -1.07. The van der Waals surface area contributed by atoms with Gasteiger partial charge in [0, 0.05) is 22.8 Å². The Balaban J connectivity index is 2.84. The van der Waals surface area contributed by atoms with E-state index in [-0.39, 0.29) is 21.8 Å². The zero-order valence-electron chi connectivity index (χ0n) is 11.2. The van der Waals surface area contributed by atoms with Crippen LogP contribution in [-0.4, -0.2) is 20.9 Å². The van der Waals surface area contributed by atoms with E-state index in [1.54, 1.807) is 6.07 Å². The number of hydrogen-bond donors (Lipinski definition) is 1. The molecule has 4 nitrogen and oxygen atoms in total. The number of carbonyl (C=O) groups is 1. The topological polar surface area (TPSA) is 63.2 Å². The Morgan fingerprint density at radius 1 is 1.37 bits per heavy atom. The van der Waals surface area contributed by atoms with Gasteiger partial charge in [0.2, 0.25) is 0 Å². The first kappa shape index (κ1) is 16.0. The van der Waals surface area contributed by atoms with Crippen LogP contribution in [0.2, 0.25) is 0 Å². The molecule has 0 spiro atoms. The molecular weight excluding hydrogens is 286 g/mol. The Labute approximate surface area is 118 Å². The van der Waals surface area contributed by atoms with E-state index in [4.69, 9.17) is 10.7 Å². The molecule has 0 bridgehead atoms. The molecule has 0 atom stereocenters. The van der Waals surface area contributed by atoms with E-state index in [9.17, 15) is 13.2 Å². The van der Waals surface area contributed by atoms with Crippen molar-refractivity contribution in [2.75, 3.05) is 6.54 Å². The molecule has 0 saturated heterocycles. The SMILES string of the molecule is CCC(C)(C)CNC(=O)c1cccc(S(=O)(=O)Cl)c1. The molecular formula is C13H18ClNO3S. The van der Waals surface area contributed by atoms with Crippen LogP contribution >= 0.6 is 10.7 Å². The molecule has 0 saturated carbocycles. The largest absolute Gasteiger partial charge is 0.352 e. The summed E-state index contributed by atoms with van der Waals surface area (Å²) >= 11 is 0.